The van der Waals surface area contributed by atoms with Crippen LogP contribution in [0.2, 0.25) is 0 Å². The molecule has 0 unspecified atom stereocenters. The number of imide groups is 1. The summed E-state index contributed by atoms with van der Waals surface area (Å²) in [6.07, 6.45) is -7.59. The zero-order valence-electron chi connectivity index (χ0n) is 48.6. The van der Waals surface area contributed by atoms with Crippen LogP contribution < -0.4 is 4.74 Å². The Hall–Kier alpha value is -7.45. The molecule has 2 amide bonds. The molecule has 7 aromatic carbocycles. The quantitative estimate of drug-likeness (QED) is 0.0229. The summed E-state index contributed by atoms with van der Waals surface area (Å²) in [6, 6.07) is 62.1. The van der Waals surface area contributed by atoms with Gasteiger partial charge < -0.3 is 56.8 Å². The van der Waals surface area contributed by atoms with Crippen LogP contribution in [-0.2, 0) is 96.5 Å². The topological polar surface area (TPSA) is 165 Å². The molecule has 0 radical (unpaired) electrons. The van der Waals surface area contributed by atoms with Gasteiger partial charge in [-0.2, -0.15) is 0 Å². The molecule has 0 aliphatic carbocycles. The monoisotopic (exact) mass is 1170 g/mol. The van der Waals surface area contributed by atoms with Crippen LogP contribution in [-0.4, -0.2) is 118 Å². The third kappa shape index (κ3) is 16.5. The van der Waals surface area contributed by atoms with E-state index in [-0.39, 0.29) is 83.0 Å². The first-order valence-electron chi connectivity index (χ1n) is 29.4. The van der Waals surface area contributed by atoms with E-state index in [0.29, 0.717) is 25.0 Å². The number of esters is 1. The molecule has 2 saturated heterocycles. The maximum atomic E-state index is 15.0. The Labute approximate surface area is 503 Å². The van der Waals surface area contributed by atoms with Crippen LogP contribution in [0.4, 0.5) is 0 Å². The molecule has 16 nitrogen and oxygen atoms in total. The Kier molecular flexibility index (Phi) is 22.8. The first kappa shape index (κ1) is 61.6. The first-order chi connectivity index (χ1) is 42.3. The fraction of sp³-hybridized carbons (Fsp3) is 0.357. The molecule has 3 aliphatic heterocycles. The maximum absolute atomic E-state index is 15.0. The van der Waals surface area contributed by atoms with Gasteiger partial charge in [0.1, 0.15) is 54.5 Å². The average molecular weight is 1170 g/mol. The van der Waals surface area contributed by atoms with Crippen molar-refractivity contribution < 1.29 is 71.2 Å². The fourth-order valence-electron chi connectivity index (χ4n) is 10.9. The highest BCUT2D eigenvalue weighted by Crippen LogP contribution is 2.40. The van der Waals surface area contributed by atoms with Gasteiger partial charge in [-0.3, -0.25) is 19.3 Å². The van der Waals surface area contributed by atoms with Crippen molar-refractivity contribution in [2.24, 2.45) is 0 Å². The van der Waals surface area contributed by atoms with E-state index in [4.69, 9.17) is 56.8 Å². The van der Waals surface area contributed by atoms with E-state index in [1.165, 1.54) is 12.0 Å². The number of ether oxygens (including phenoxy) is 12. The van der Waals surface area contributed by atoms with Crippen LogP contribution in [0.25, 0.3) is 0 Å². The second kappa shape index (κ2) is 31.8. The minimum Gasteiger partial charge on any atom is -0.497 e. The van der Waals surface area contributed by atoms with E-state index in [9.17, 15) is 4.79 Å². The van der Waals surface area contributed by atoms with Gasteiger partial charge in [-0.25, -0.2) is 0 Å². The number of benzene rings is 7. The Balaban J connectivity index is 1.08. The first-order valence-corrected chi connectivity index (χ1v) is 29.4. The zero-order valence-corrected chi connectivity index (χ0v) is 48.6. The minimum absolute atomic E-state index is 0.0261. The Morgan fingerprint density at radius 2 is 0.837 bits per heavy atom. The van der Waals surface area contributed by atoms with Gasteiger partial charge in [0.2, 0.25) is 0 Å². The van der Waals surface area contributed by atoms with Crippen molar-refractivity contribution in [3.63, 3.8) is 0 Å². The van der Waals surface area contributed by atoms with Gasteiger partial charge in [-0.05, 0) is 70.5 Å². The maximum Gasteiger partial charge on any atom is 0.305 e. The van der Waals surface area contributed by atoms with Crippen LogP contribution in [0.15, 0.2) is 200 Å². The average Bonchev–Trinajstić information content (AvgIpc) is 1.80. The normalized spacial score (nSPS) is 22.8. The van der Waals surface area contributed by atoms with Crippen molar-refractivity contribution in [2.75, 3.05) is 34.0 Å². The van der Waals surface area contributed by atoms with Gasteiger partial charge >= 0.3 is 5.97 Å². The fourth-order valence-corrected chi connectivity index (χ4v) is 10.9. The third-order valence-corrected chi connectivity index (χ3v) is 15.4. The molecule has 2 fully saturated rings. The molecule has 10 atom stereocenters. The predicted molar refractivity (Wildman–Crippen MR) is 318 cm³/mol. The molecular weight excluding hydrogens is 1090 g/mol. The van der Waals surface area contributed by atoms with Crippen LogP contribution >= 0.6 is 0 Å². The molecule has 10 rings (SSSR count). The largest absolute Gasteiger partial charge is 0.497 e. The minimum atomic E-state index is -1.29. The lowest BCUT2D eigenvalue weighted by Crippen LogP contribution is -2.69. The van der Waals surface area contributed by atoms with Gasteiger partial charge in [-0.1, -0.05) is 182 Å². The van der Waals surface area contributed by atoms with Crippen molar-refractivity contribution in [3.8, 4) is 5.75 Å². The Bertz CT molecular complexity index is 3130. The summed E-state index contributed by atoms with van der Waals surface area (Å²) >= 11 is 0. The number of hydrogen-bond donors (Lipinski definition) is 0. The number of carbonyl (C=O) groups excluding carboxylic acids is 3. The van der Waals surface area contributed by atoms with Crippen molar-refractivity contribution in [1.82, 2.24) is 4.90 Å². The summed E-state index contributed by atoms with van der Waals surface area (Å²) in [4.78, 5) is 43.3. The highest BCUT2D eigenvalue weighted by Gasteiger charge is 2.58. The van der Waals surface area contributed by atoms with Gasteiger partial charge in [0.25, 0.3) is 11.8 Å². The van der Waals surface area contributed by atoms with Crippen molar-refractivity contribution in [2.45, 2.75) is 127 Å². The molecular formula is C70H75NO15. The number of nitrogens with zero attached hydrogens (tertiary/aromatic N) is 1. The number of carbonyl (C=O) groups is 3. The molecule has 3 aliphatic rings. The second-order valence-corrected chi connectivity index (χ2v) is 21.4. The van der Waals surface area contributed by atoms with Crippen molar-refractivity contribution in [3.05, 3.63) is 245 Å². The molecule has 0 saturated carbocycles. The van der Waals surface area contributed by atoms with Crippen molar-refractivity contribution in [1.29, 1.82) is 0 Å². The summed E-state index contributed by atoms with van der Waals surface area (Å²) in [7, 11) is 2.98. The molecule has 0 bridgehead atoms. The molecule has 0 aromatic heterocycles. The third-order valence-electron chi connectivity index (χ3n) is 15.4. The van der Waals surface area contributed by atoms with E-state index in [1.54, 1.807) is 31.4 Å². The lowest BCUT2D eigenvalue weighted by molar-refractivity contribution is -0.368. The summed E-state index contributed by atoms with van der Waals surface area (Å²) in [5.41, 5.74) is 5.84. The van der Waals surface area contributed by atoms with E-state index >= 15 is 9.59 Å². The Morgan fingerprint density at radius 1 is 0.419 bits per heavy atom. The van der Waals surface area contributed by atoms with E-state index in [2.05, 4.69) is 0 Å². The lowest BCUT2D eigenvalue weighted by Gasteiger charge is -2.51. The van der Waals surface area contributed by atoms with Gasteiger partial charge in [0, 0.05) is 13.0 Å². The van der Waals surface area contributed by atoms with Gasteiger partial charge in [-0.15, -0.1) is 0 Å². The van der Waals surface area contributed by atoms with Crippen LogP contribution in [0.5, 0.6) is 5.75 Å². The molecule has 0 spiro atoms. The summed E-state index contributed by atoms with van der Waals surface area (Å²) in [6.45, 7) is 1.06. The van der Waals surface area contributed by atoms with Gasteiger partial charge in [0.15, 0.2) is 12.6 Å². The van der Waals surface area contributed by atoms with E-state index < -0.39 is 73.2 Å². The van der Waals surface area contributed by atoms with Crippen LogP contribution in [0, 0.1) is 0 Å². The summed E-state index contributed by atoms with van der Waals surface area (Å²) in [5.74, 6) is -0.707. The van der Waals surface area contributed by atoms with E-state index in [1.807, 2.05) is 176 Å². The smallest absolute Gasteiger partial charge is 0.305 e. The van der Waals surface area contributed by atoms with Crippen LogP contribution in [0.3, 0.4) is 0 Å². The number of methoxy groups -OCH3 is 2. The lowest BCUT2D eigenvalue weighted by atomic mass is 9.93. The summed E-state index contributed by atoms with van der Waals surface area (Å²) < 4.78 is 80.9. The number of rotatable bonds is 31. The highest BCUT2D eigenvalue weighted by molar-refractivity contribution is 6.21. The molecule has 450 valence electrons. The molecule has 3 heterocycles. The van der Waals surface area contributed by atoms with Crippen molar-refractivity contribution >= 4 is 17.8 Å². The molecule has 16 heteroatoms. The summed E-state index contributed by atoms with van der Waals surface area (Å²) in [5, 5.41) is 0. The second-order valence-electron chi connectivity index (χ2n) is 21.4. The predicted octanol–water partition coefficient (Wildman–Crippen LogP) is 11.0. The highest BCUT2D eigenvalue weighted by atomic mass is 16.8. The molecule has 86 heavy (non-hydrogen) atoms. The standard InChI is InChI=1S/C70H75NO15/c1-75-55-38-36-54(37-39-55)42-78-48-59-63(64(81-44-51-27-13-5-14-28-51)61(69(84-59)79-40-22-8-19-35-60(72)76-2)71-67(73)56-33-20-21-34-57(56)68(71)74)86-70-66(83-46-53-31-17-7-18-32-53)65(82-45-52-29-15-6-16-30-52)62(80-43-50-25-11-4-12-26-50)58(85-70)47-77-41-49-23-9-3-10-24-49/h3-7,9-18,20-21,23-34,36-39,58-59,61-66,69-70H,8,19,22,35,40-48H2,1-2H3/t58-,59-,61-,62-,63-,64-,65+,66-,69-,70-/m1/s1. The van der Waals surface area contributed by atoms with Crippen LogP contribution in [0.1, 0.15) is 79.8 Å². The molecule has 7 aromatic rings. The Morgan fingerprint density at radius 3 is 1.33 bits per heavy atom. The number of amides is 2. The van der Waals surface area contributed by atoms with E-state index in [0.717, 1.165) is 33.4 Å². The number of fused-ring (bicyclic) bond motifs is 1. The van der Waals surface area contributed by atoms with Gasteiger partial charge in [0.05, 0.1) is 78.2 Å². The zero-order chi connectivity index (χ0) is 59.3. The number of unbranched alkanes of at least 4 members (excludes halogenated alkanes) is 2. The SMILES string of the molecule is COC(=O)CCCCCO[C@@H]1O[C@H](COCc2ccc(OC)cc2)[C@@H](O[C@H]2O[C@H](COCc3ccccc3)[C@@H](OCc3ccccc3)[C@H](OCc3ccccc3)[C@H]2OCc2ccccc2)[C@H](OCc2ccccc2)[C@H]1N1C(=O)c2ccccc2C1=O. The number of hydrogen-bond acceptors (Lipinski definition) is 15. The molecule has 0 N–H and O–H groups in total.